The van der Waals surface area contributed by atoms with E-state index in [9.17, 15) is 13.2 Å². The fourth-order valence-corrected chi connectivity index (χ4v) is 1.84. The van der Waals surface area contributed by atoms with E-state index < -0.39 is 11.7 Å². The molecule has 0 aliphatic rings. The second-order valence-electron chi connectivity index (χ2n) is 3.87. The van der Waals surface area contributed by atoms with Crippen LogP contribution in [0.2, 0.25) is 5.02 Å². The molecule has 0 aliphatic carbocycles. The van der Waals surface area contributed by atoms with Gasteiger partial charge in [0.2, 0.25) is 0 Å². The number of hydrogen-bond acceptors (Lipinski definition) is 2. The number of anilines is 1. The zero-order chi connectivity index (χ0) is 14.8. The number of halogens is 5. The number of nitrogens with one attached hydrogen (secondary N) is 1. The van der Waals surface area contributed by atoms with Gasteiger partial charge in [-0.3, -0.25) is 4.84 Å². The van der Waals surface area contributed by atoms with Crippen LogP contribution in [0.25, 0.3) is 0 Å². The predicted molar refractivity (Wildman–Crippen MR) is 72.4 cm³/mol. The summed E-state index contributed by atoms with van der Waals surface area (Å²) in [6.07, 6.45) is -4.44. The average Bonchev–Trinajstić information content (AvgIpc) is 2.40. The Morgan fingerprint density at radius 2 is 1.80 bits per heavy atom. The van der Waals surface area contributed by atoms with E-state index in [-0.39, 0.29) is 10.8 Å². The van der Waals surface area contributed by atoms with Crippen LogP contribution >= 0.6 is 23.4 Å². The maximum absolute atomic E-state index is 12.5. The summed E-state index contributed by atoms with van der Waals surface area (Å²) in [6, 6.07) is 9.50. The van der Waals surface area contributed by atoms with Crippen LogP contribution < -0.4 is 9.57 Å². The van der Waals surface area contributed by atoms with Crippen LogP contribution in [0.15, 0.2) is 42.5 Å². The number of benzene rings is 2. The highest BCUT2D eigenvalue weighted by Gasteiger charge is 2.31. The topological polar surface area (TPSA) is 21.3 Å². The lowest BCUT2D eigenvalue weighted by Gasteiger charge is -2.11. The van der Waals surface area contributed by atoms with E-state index in [2.05, 4.69) is 4.84 Å². The molecule has 7 heteroatoms. The molecule has 2 aromatic carbocycles. The van der Waals surface area contributed by atoms with Crippen molar-refractivity contribution >= 4 is 29.1 Å². The van der Waals surface area contributed by atoms with Crippen molar-refractivity contribution in [3.8, 4) is 11.5 Å². The number of ether oxygens (including phenoxy) is 1. The quantitative estimate of drug-likeness (QED) is 0.730. The second kappa shape index (κ2) is 5.81. The molecule has 0 amide bonds. The molecule has 0 aromatic heterocycles. The van der Waals surface area contributed by atoms with E-state index >= 15 is 0 Å². The van der Waals surface area contributed by atoms with Gasteiger partial charge in [0.15, 0.2) is 0 Å². The largest absolute Gasteiger partial charge is 0.456 e. The van der Waals surface area contributed by atoms with E-state index in [1.807, 2.05) is 0 Å². The minimum absolute atomic E-state index is 0.121. The Hall–Kier alpha value is -1.59. The van der Waals surface area contributed by atoms with Crippen molar-refractivity contribution in [2.45, 2.75) is 6.18 Å². The number of hydrogen-bond donors (Lipinski definition) is 1. The normalized spacial score (nSPS) is 11.2. The van der Waals surface area contributed by atoms with E-state index in [0.29, 0.717) is 11.4 Å². The van der Waals surface area contributed by atoms with E-state index in [0.717, 1.165) is 12.1 Å². The van der Waals surface area contributed by atoms with Gasteiger partial charge in [0, 0.05) is 17.8 Å². The lowest BCUT2D eigenvalue weighted by molar-refractivity contribution is -0.137. The van der Waals surface area contributed by atoms with Crippen molar-refractivity contribution in [3.63, 3.8) is 0 Å². The average molecular weight is 322 g/mol. The van der Waals surface area contributed by atoms with Crippen LogP contribution in [-0.4, -0.2) is 0 Å². The summed E-state index contributed by atoms with van der Waals surface area (Å²) in [6.45, 7) is 0. The molecule has 20 heavy (non-hydrogen) atoms. The predicted octanol–water partition coefficient (Wildman–Crippen LogP) is 5.72. The minimum Gasteiger partial charge on any atom is -0.456 e. The second-order valence-corrected chi connectivity index (χ2v) is 4.46. The van der Waals surface area contributed by atoms with E-state index in [1.54, 1.807) is 24.3 Å². The molecule has 0 atom stereocenters. The first-order valence-electron chi connectivity index (χ1n) is 5.41. The fourth-order valence-electron chi connectivity index (χ4n) is 1.51. The summed E-state index contributed by atoms with van der Waals surface area (Å²) in [5.74, 6) is 0.531. The summed E-state index contributed by atoms with van der Waals surface area (Å²) in [7, 11) is 0. The molecular weight excluding hydrogens is 314 g/mol. The molecular formula is C13H8Cl2F3NO. The minimum atomic E-state index is -4.44. The first kappa shape index (κ1) is 14.8. The summed E-state index contributed by atoms with van der Waals surface area (Å²) in [5.41, 5.74) is -0.238. The Balaban J connectivity index is 2.25. The van der Waals surface area contributed by atoms with Gasteiger partial charge in [0.25, 0.3) is 0 Å². The molecule has 0 saturated carbocycles. The monoisotopic (exact) mass is 321 g/mol. The Bertz CT molecular complexity index is 617. The molecule has 2 nitrogen and oxygen atoms in total. The summed E-state index contributed by atoms with van der Waals surface area (Å²) in [4.78, 5) is 2.41. The Morgan fingerprint density at radius 1 is 1.05 bits per heavy atom. The van der Waals surface area contributed by atoms with Crippen molar-refractivity contribution in [3.05, 3.63) is 53.1 Å². The molecule has 0 heterocycles. The summed E-state index contributed by atoms with van der Waals surface area (Å²) < 4.78 is 42.9. The van der Waals surface area contributed by atoms with Crippen molar-refractivity contribution < 1.29 is 17.9 Å². The third kappa shape index (κ3) is 3.49. The zero-order valence-electron chi connectivity index (χ0n) is 9.84. The van der Waals surface area contributed by atoms with Gasteiger partial charge in [-0.25, -0.2) is 0 Å². The highest BCUT2D eigenvalue weighted by Crippen LogP contribution is 2.36. The summed E-state index contributed by atoms with van der Waals surface area (Å²) in [5, 5.41) is -0.121. The van der Waals surface area contributed by atoms with Gasteiger partial charge in [-0.1, -0.05) is 17.7 Å². The van der Waals surface area contributed by atoms with Gasteiger partial charge < -0.3 is 4.74 Å². The molecule has 0 radical (unpaired) electrons. The van der Waals surface area contributed by atoms with Gasteiger partial charge in [-0.2, -0.15) is 13.2 Å². The van der Waals surface area contributed by atoms with Gasteiger partial charge in [0.05, 0.1) is 16.3 Å². The molecule has 1 N–H and O–H groups in total. The fraction of sp³-hybridized carbons (Fsp3) is 0.0769. The van der Waals surface area contributed by atoms with Crippen LogP contribution in [0.1, 0.15) is 5.56 Å². The van der Waals surface area contributed by atoms with Crippen LogP contribution in [0, 0.1) is 0 Å². The molecule has 0 aliphatic heterocycles. The number of alkyl halides is 3. The third-order valence-electron chi connectivity index (χ3n) is 2.43. The Kier molecular flexibility index (Phi) is 4.30. The van der Waals surface area contributed by atoms with E-state index in [4.69, 9.17) is 28.1 Å². The maximum Gasteiger partial charge on any atom is 0.416 e. The van der Waals surface area contributed by atoms with Crippen LogP contribution in [0.5, 0.6) is 11.5 Å². The molecule has 0 unspecified atom stereocenters. The van der Waals surface area contributed by atoms with Crippen LogP contribution in [0.4, 0.5) is 18.9 Å². The molecule has 2 rings (SSSR count). The smallest absolute Gasteiger partial charge is 0.416 e. The molecule has 0 fully saturated rings. The first-order valence-corrected chi connectivity index (χ1v) is 6.17. The Labute approximate surface area is 123 Å². The third-order valence-corrected chi connectivity index (χ3v) is 2.94. The first-order chi connectivity index (χ1) is 9.40. The molecule has 0 bridgehead atoms. The highest BCUT2D eigenvalue weighted by atomic mass is 35.5. The van der Waals surface area contributed by atoms with E-state index in [1.165, 1.54) is 6.07 Å². The van der Waals surface area contributed by atoms with Crippen molar-refractivity contribution in [2.75, 3.05) is 4.84 Å². The standard InChI is InChI=1S/C13H8Cl2F3NO/c14-11-6-8(13(16,17)18)4-5-12(11)20-10-3-1-2-9(7-10)19-15/h1-7,19H. The zero-order valence-corrected chi connectivity index (χ0v) is 11.4. The molecule has 2 aromatic rings. The van der Waals surface area contributed by atoms with Crippen LogP contribution in [0.3, 0.4) is 0 Å². The summed E-state index contributed by atoms with van der Waals surface area (Å²) >= 11 is 11.2. The maximum atomic E-state index is 12.5. The van der Waals surface area contributed by atoms with Crippen LogP contribution in [-0.2, 0) is 6.18 Å². The lowest BCUT2D eigenvalue weighted by Crippen LogP contribution is -2.04. The van der Waals surface area contributed by atoms with Gasteiger partial charge in [-0.05, 0) is 30.3 Å². The van der Waals surface area contributed by atoms with Gasteiger partial charge in [-0.15, -0.1) is 0 Å². The Morgan fingerprint density at radius 3 is 2.40 bits per heavy atom. The SMILES string of the molecule is FC(F)(F)c1ccc(Oc2cccc(NCl)c2)c(Cl)c1. The molecule has 106 valence electrons. The van der Waals surface area contributed by atoms with Crippen molar-refractivity contribution in [1.82, 2.24) is 0 Å². The van der Waals surface area contributed by atoms with Gasteiger partial charge in [0.1, 0.15) is 11.5 Å². The number of rotatable bonds is 3. The highest BCUT2D eigenvalue weighted by molar-refractivity contribution is 6.32. The molecule has 0 spiro atoms. The molecule has 0 saturated heterocycles. The van der Waals surface area contributed by atoms with Crippen molar-refractivity contribution in [1.29, 1.82) is 0 Å². The van der Waals surface area contributed by atoms with Gasteiger partial charge >= 0.3 is 6.18 Å². The van der Waals surface area contributed by atoms with Crippen molar-refractivity contribution in [2.24, 2.45) is 0 Å². The lowest BCUT2D eigenvalue weighted by atomic mass is 10.2.